The Labute approximate surface area is 210 Å². The third-order valence-electron chi connectivity index (χ3n) is 6.31. The quantitative estimate of drug-likeness (QED) is 0.185. The van der Waals surface area contributed by atoms with E-state index in [9.17, 15) is 0 Å². The molecule has 5 N–H and O–H groups in total. The molecule has 5 nitrogen and oxygen atoms in total. The Morgan fingerprint density at radius 3 is 2.46 bits per heavy atom. The molecule has 0 aliphatic rings. The predicted molar refractivity (Wildman–Crippen MR) is 150 cm³/mol. The van der Waals surface area contributed by atoms with Crippen molar-refractivity contribution in [1.29, 1.82) is 0 Å². The lowest BCUT2D eigenvalue weighted by molar-refractivity contribution is 0.758. The van der Waals surface area contributed by atoms with Gasteiger partial charge in [-0.2, -0.15) is 0 Å². The lowest BCUT2D eigenvalue weighted by atomic mass is 9.98. The maximum absolute atomic E-state index is 6.61. The van der Waals surface area contributed by atoms with Gasteiger partial charge in [-0.05, 0) is 61.4 Å². The molecule has 0 spiro atoms. The third kappa shape index (κ3) is 4.43. The van der Waals surface area contributed by atoms with Gasteiger partial charge in [-0.3, -0.25) is 4.99 Å². The van der Waals surface area contributed by atoms with Crippen molar-refractivity contribution in [2.45, 2.75) is 20.4 Å². The van der Waals surface area contributed by atoms with E-state index in [0.717, 1.165) is 44.1 Å². The van der Waals surface area contributed by atoms with Gasteiger partial charge in [0.2, 0.25) is 0 Å². The zero-order valence-corrected chi connectivity index (χ0v) is 20.6. The van der Waals surface area contributed by atoms with Gasteiger partial charge in [0.25, 0.3) is 0 Å². The van der Waals surface area contributed by atoms with E-state index >= 15 is 0 Å². The van der Waals surface area contributed by atoms with Crippen molar-refractivity contribution in [1.82, 2.24) is 4.57 Å². The van der Waals surface area contributed by atoms with E-state index in [1.807, 2.05) is 31.2 Å². The fraction of sp³-hybridized carbons (Fsp3) is 0.138. The average molecular weight is 482 g/mol. The molecule has 5 rings (SSSR count). The maximum atomic E-state index is 6.61. The van der Waals surface area contributed by atoms with E-state index < -0.39 is 0 Å². The Hall–Kier alpha value is -3.96. The van der Waals surface area contributed by atoms with Crippen molar-refractivity contribution in [3.05, 3.63) is 95.0 Å². The number of aryl methyl sites for hydroxylation is 2. The average Bonchev–Trinajstić information content (AvgIpc) is 3.14. The summed E-state index contributed by atoms with van der Waals surface area (Å²) in [5.74, 6) is 0.0959. The molecule has 0 aliphatic carbocycles. The predicted octanol–water partition coefficient (Wildman–Crippen LogP) is 6.75. The van der Waals surface area contributed by atoms with E-state index in [1.54, 1.807) is 0 Å². The van der Waals surface area contributed by atoms with Crippen LogP contribution in [-0.4, -0.2) is 17.1 Å². The molecule has 0 atom stereocenters. The standard InChI is InChI=1S/C29H28ClN5/c1-18-8-13-26-23(16-18)22-11-12-25(34-21-6-4-3-5-7-21)27(20-10-9-19(2)24(30)17-20)28(22)35(26)15-14-33-29(31)32/h3-13,16-17,34H,14-15H2,1-2H3,(H4,31,32,33). The van der Waals surface area contributed by atoms with Gasteiger partial charge < -0.3 is 21.4 Å². The highest BCUT2D eigenvalue weighted by molar-refractivity contribution is 6.31. The monoisotopic (exact) mass is 481 g/mol. The minimum atomic E-state index is 0.0959. The number of benzene rings is 4. The maximum Gasteiger partial charge on any atom is 0.185 e. The molecule has 0 amide bonds. The van der Waals surface area contributed by atoms with E-state index in [-0.39, 0.29) is 5.96 Å². The summed E-state index contributed by atoms with van der Waals surface area (Å²) in [5.41, 5.74) is 20.0. The summed E-state index contributed by atoms with van der Waals surface area (Å²) in [4.78, 5) is 4.26. The van der Waals surface area contributed by atoms with E-state index in [1.165, 1.54) is 16.3 Å². The number of rotatable bonds is 6. The van der Waals surface area contributed by atoms with E-state index in [2.05, 4.69) is 76.4 Å². The molecule has 1 heterocycles. The molecular formula is C29H28ClN5. The molecule has 176 valence electrons. The van der Waals surface area contributed by atoms with Crippen LogP contribution < -0.4 is 16.8 Å². The first-order valence-electron chi connectivity index (χ1n) is 11.6. The summed E-state index contributed by atoms with van der Waals surface area (Å²) in [5, 5.41) is 6.75. The first-order chi connectivity index (χ1) is 16.9. The number of aliphatic imine (C=N–C) groups is 1. The van der Waals surface area contributed by atoms with Gasteiger partial charge in [0, 0.05) is 44.8 Å². The van der Waals surface area contributed by atoms with Gasteiger partial charge in [0.15, 0.2) is 5.96 Å². The van der Waals surface area contributed by atoms with Gasteiger partial charge in [0.05, 0.1) is 12.1 Å². The molecule has 0 saturated heterocycles. The van der Waals surface area contributed by atoms with Gasteiger partial charge in [-0.25, -0.2) is 0 Å². The summed E-state index contributed by atoms with van der Waals surface area (Å²) in [6, 6.07) is 27.3. The first-order valence-corrected chi connectivity index (χ1v) is 12.0. The minimum Gasteiger partial charge on any atom is -0.370 e. The summed E-state index contributed by atoms with van der Waals surface area (Å²) < 4.78 is 2.32. The fourth-order valence-corrected chi connectivity index (χ4v) is 4.82. The van der Waals surface area contributed by atoms with Crippen molar-refractivity contribution in [3.8, 4) is 11.1 Å². The largest absolute Gasteiger partial charge is 0.370 e. The molecule has 6 heteroatoms. The molecule has 4 aromatic carbocycles. The van der Waals surface area contributed by atoms with Gasteiger partial charge in [-0.1, -0.05) is 59.6 Å². The normalized spacial score (nSPS) is 11.2. The van der Waals surface area contributed by atoms with Crippen molar-refractivity contribution in [2.75, 3.05) is 11.9 Å². The number of guanidine groups is 1. The summed E-state index contributed by atoms with van der Waals surface area (Å²) in [6.45, 7) is 5.26. The Morgan fingerprint density at radius 2 is 1.71 bits per heavy atom. The van der Waals surface area contributed by atoms with Gasteiger partial charge in [-0.15, -0.1) is 0 Å². The van der Waals surface area contributed by atoms with Crippen molar-refractivity contribution in [3.63, 3.8) is 0 Å². The molecule has 35 heavy (non-hydrogen) atoms. The second-order valence-electron chi connectivity index (χ2n) is 8.82. The van der Waals surface area contributed by atoms with Crippen LogP contribution in [0.4, 0.5) is 11.4 Å². The molecule has 0 radical (unpaired) electrons. The van der Waals surface area contributed by atoms with Crippen LogP contribution in [0.3, 0.4) is 0 Å². The highest BCUT2D eigenvalue weighted by Gasteiger charge is 2.19. The summed E-state index contributed by atoms with van der Waals surface area (Å²) in [6.07, 6.45) is 0. The number of aromatic nitrogens is 1. The van der Waals surface area contributed by atoms with Crippen LogP contribution in [0.15, 0.2) is 83.9 Å². The van der Waals surface area contributed by atoms with Crippen molar-refractivity contribution >= 4 is 50.7 Å². The van der Waals surface area contributed by atoms with Crippen LogP contribution in [-0.2, 0) is 6.54 Å². The molecule has 1 aromatic heterocycles. The minimum absolute atomic E-state index is 0.0959. The number of halogens is 1. The topological polar surface area (TPSA) is 81.4 Å². The molecule has 0 fully saturated rings. The number of fused-ring (bicyclic) bond motifs is 3. The van der Waals surface area contributed by atoms with Crippen LogP contribution in [0.25, 0.3) is 32.9 Å². The molecule has 0 unspecified atom stereocenters. The number of hydrogen-bond acceptors (Lipinski definition) is 2. The Balaban J connectivity index is 1.84. The Kier molecular flexibility index (Phi) is 6.10. The van der Waals surface area contributed by atoms with E-state index in [4.69, 9.17) is 23.1 Å². The Bertz CT molecular complexity index is 1560. The number of hydrogen-bond donors (Lipinski definition) is 3. The Morgan fingerprint density at radius 1 is 0.914 bits per heavy atom. The van der Waals surface area contributed by atoms with E-state index in [0.29, 0.717) is 13.1 Å². The molecule has 0 saturated carbocycles. The number of nitrogens with zero attached hydrogens (tertiary/aromatic N) is 2. The highest BCUT2D eigenvalue weighted by Crippen LogP contribution is 2.42. The first kappa shape index (κ1) is 22.8. The number of anilines is 2. The summed E-state index contributed by atoms with van der Waals surface area (Å²) in [7, 11) is 0. The van der Waals surface area contributed by atoms with Gasteiger partial charge >= 0.3 is 0 Å². The smallest absolute Gasteiger partial charge is 0.185 e. The second-order valence-corrected chi connectivity index (χ2v) is 9.23. The lowest BCUT2D eigenvalue weighted by Gasteiger charge is -2.17. The number of para-hydroxylation sites is 1. The van der Waals surface area contributed by atoms with Crippen molar-refractivity contribution < 1.29 is 0 Å². The van der Waals surface area contributed by atoms with Crippen LogP contribution in [0.2, 0.25) is 5.02 Å². The van der Waals surface area contributed by atoms with Crippen molar-refractivity contribution in [2.24, 2.45) is 16.5 Å². The fourth-order valence-electron chi connectivity index (χ4n) is 4.64. The van der Waals surface area contributed by atoms with Crippen LogP contribution in [0, 0.1) is 13.8 Å². The molecular weight excluding hydrogens is 454 g/mol. The third-order valence-corrected chi connectivity index (χ3v) is 6.72. The zero-order chi connectivity index (χ0) is 24.5. The zero-order valence-electron chi connectivity index (χ0n) is 19.8. The molecule has 5 aromatic rings. The lowest BCUT2D eigenvalue weighted by Crippen LogP contribution is -2.23. The number of nitrogens with two attached hydrogens (primary N) is 2. The van der Waals surface area contributed by atoms with Crippen LogP contribution in [0.1, 0.15) is 11.1 Å². The number of nitrogens with one attached hydrogen (secondary N) is 1. The van der Waals surface area contributed by atoms with Gasteiger partial charge in [0.1, 0.15) is 0 Å². The molecule has 0 aliphatic heterocycles. The second kappa shape index (κ2) is 9.35. The summed E-state index contributed by atoms with van der Waals surface area (Å²) >= 11 is 6.61. The van der Waals surface area contributed by atoms with Crippen LogP contribution in [0.5, 0.6) is 0 Å². The SMILES string of the molecule is Cc1ccc2c(c1)c1ccc(Nc3ccccc3)c(-c3ccc(C)c(Cl)c3)c1n2CCN=C(N)N. The van der Waals surface area contributed by atoms with Crippen LogP contribution >= 0.6 is 11.6 Å². The molecule has 0 bridgehead atoms. The highest BCUT2D eigenvalue weighted by atomic mass is 35.5.